The molecule has 1 nitrogen and oxygen atoms in total. The summed E-state index contributed by atoms with van der Waals surface area (Å²) in [7, 11) is 0. The van der Waals surface area contributed by atoms with Gasteiger partial charge in [0.05, 0.1) is 6.10 Å². The van der Waals surface area contributed by atoms with Gasteiger partial charge >= 0.3 is 0 Å². The molecule has 0 spiro atoms. The highest BCUT2D eigenvalue weighted by atomic mass is 16.5. The molecule has 1 atom stereocenters. The van der Waals surface area contributed by atoms with E-state index in [-0.39, 0.29) is 0 Å². The van der Waals surface area contributed by atoms with Crippen LogP contribution in [-0.2, 0) is 4.74 Å². The van der Waals surface area contributed by atoms with E-state index in [0.717, 1.165) is 6.61 Å². The monoisotopic (exact) mass is 213 g/mol. The van der Waals surface area contributed by atoms with Crippen LogP contribution < -0.4 is 0 Å². The fraction of sp³-hybridized carbons (Fsp3) is 0.400. The first-order valence-electron chi connectivity index (χ1n) is 6.12. The van der Waals surface area contributed by atoms with Gasteiger partial charge in [0, 0.05) is 12.5 Å². The van der Waals surface area contributed by atoms with Crippen molar-refractivity contribution in [1.29, 1.82) is 0 Å². The van der Waals surface area contributed by atoms with Gasteiger partial charge in [-0.05, 0) is 37.3 Å². The van der Waals surface area contributed by atoms with Crippen molar-refractivity contribution >= 4 is 0 Å². The van der Waals surface area contributed by atoms with Crippen molar-refractivity contribution in [1.82, 2.24) is 0 Å². The van der Waals surface area contributed by atoms with Crippen molar-refractivity contribution in [3.05, 3.63) is 53.0 Å². The van der Waals surface area contributed by atoms with Crippen LogP contribution in [-0.4, -0.2) is 6.61 Å². The summed E-state index contributed by atoms with van der Waals surface area (Å²) in [4.78, 5) is 0. The highest BCUT2D eigenvalue weighted by molar-refractivity contribution is 5.59. The highest BCUT2D eigenvalue weighted by Crippen LogP contribution is 2.38. The Morgan fingerprint density at radius 1 is 1.19 bits per heavy atom. The third kappa shape index (κ3) is 1.92. The van der Waals surface area contributed by atoms with E-state index < -0.39 is 0 Å². The molecule has 1 unspecified atom stereocenters. The molecule has 1 radical (unpaired) electrons. The first-order chi connectivity index (χ1) is 7.84. The summed E-state index contributed by atoms with van der Waals surface area (Å²) < 4.78 is 5.90. The predicted octanol–water partition coefficient (Wildman–Crippen LogP) is 3.73. The minimum absolute atomic E-state index is 0.318. The molecule has 83 valence electrons. The number of hydrogen-bond acceptors (Lipinski definition) is 1. The summed E-state index contributed by atoms with van der Waals surface area (Å²) in [5.74, 6) is 1.38. The Hall–Kier alpha value is -1.08. The molecule has 1 aromatic rings. The quantitative estimate of drug-likeness (QED) is 0.727. The van der Waals surface area contributed by atoms with E-state index in [1.165, 1.54) is 41.9 Å². The van der Waals surface area contributed by atoms with E-state index in [9.17, 15) is 0 Å². The molecule has 1 aliphatic carbocycles. The van der Waals surface area contributed by atoms with Gasteiger partial charge in [-0.25, -0.2) is 0 Å². The fourth-order valence-corrected chi connectivity index (χ4v) is 2.42. The highest BCUT2D eigenvalue weighted by Gasteiger charge is 2.24. The lowest BCUT2D eigenvalue weighted by Crippen LogP contribution is -2.13. The number of aryl methyl sites for hydroxylation is 1. The molecule has 1 heterocycles. The van der Waals surface area contributed by atoms with Crippen LogP contribution in [0.15, 0.2) is 30.4 Å². The van der Waals surface area contributed by atoms with Crippen molar-refractivity contribution < 1.29 is 4.74 Å². The number of allylic oxidation sites excluding steroid dienone is 2. The third-order valence-electron chi connectivity index (χ3n) is 3.38. The maximum atomic E-state index is 5.90. The van der Waals surface area contributed by atoms with Crippen LogP contribution >= 0.6 is 0 Å². The summed E-state index contributed by atoms with van der Waals surface area (Å²) in [6, 6.07) is 6.71. The Morgan fingerprint density at radius 3 is 2.75 bits per heavy atom. The van der Waals surface area contributed by atoms with Crippen molar-refractivity contribution in [2.75, 3.05) is 6.61 Å². The first kappa shape index (κ1) is 10.1. The zero-order valence-electron chi connectivity index (χ0n) is 9.70. The molecule has 0 saturated carbocycles. The lowest BCUT2D eigenvalue weighted by Gasteiger charge is -2.25. The molecule has 1 fully saturated rings. The van der Waals surface area contributed by atoms with Crippen molar-refractivity contribution in [3.8, 4) is 0 Å². The zero-order chi connectivity index (χ0) is 11.0. The topological polar surface area (TPSA) is 9.23 Å². The summed E-state index contributed by atoms with van der Waals surface area (Å²) in [6.07, 6.45) is 8.35. The van der Waals surface area contributed by atoms with Gasteiger partial charge < -0.3 is 4.74 Å². The molecule has 1 heteroatoms. The summed E-state index contributed by atoms with van der Waals surface area (Å²) in [5, 5.41) is 0. The molecule has 0 N–H and O–H groups in total. The van der Waals surface area contributed by atoms with Crippen LogP contribution in [0, 0.1) is 12.8 Å². The van der Waals surface area contributed by atoms with Crippen molar-refractivity contribution in [2.45, 2.75) is 32.3 Å². The second-order valence-electron chi connectivity index (χ2n) is 4.73. The zero-order valence-corrected chi connectivity index (χ0v) is 9.70. The van der Waals surface area contributed by atoms with Gasteiger partial charge in [0.15, 0.2) is 0 Å². The van der Waals surface area contributed by atoms with Gasteiger partial charge in [-0.2, -0.15) is 0 Å². The van der Waals surface area contributed by atoms with Gasteiger partial charge in [0.1, 0.15) is 0 Å². The molecule has 1 aromatic carbocycles. The number of benzene rings is 1. The Bertz CT molecular complexity index is 407. The number of ether oxygens (including phenoxy) is 1. The molecule has 0 bridgehead atoms. The molecule has 2 aliphatic rings. The Kier molecular flexibility index (Phi) is 2.56. The molecule has 1 saturated heterocycles. The lowest BCUT2D eigenvalue weighted by atomic mass is 9.92. The van der Waals surface area contributed by atoms with Crippen LogP contribution in [0.2, 0.25) is 0 Å². The molecular weight excluding hydrogens is 196 g/mol. The molecule has 3 rings (SSSR count). The molecule has 16 heavy (non-hydrogen) atoms. The normalized spacial score (nSPS) is 24.7. The SMILES string of the molecule is Cc1ccc([C]2C=C2)c(C2CCCCO2)c1. The predicted molar refractivity (Wildman–Crippen MR) is 65.2 cm³/mol. The van der Waals surface area contributed by atoms with E-state index in [2.05, 4.69) is 37.3 Å². The van der Waals surface area contributed by atoms with E-state index in [4.69, 9.17) is 4.74 Å². The van der Waals surface area contributed by atoms with Crippen LogP contribution in [0.1, 0.15) is 42.1 Å². The summed E-state index contributed by atoms with van der Waals surface area (Å²) >= 11 is 0. The van der Waals surface area contributed by atoms with E-state index in [0.29, 0.717) is 6.10 Å². The van der Waals surface area contributed by atoms with Gasteiger partial charge in [-0.1, -0.05) is 35.9 Å². The Morgan fingerprint density at radius 2 is 2.06 bits per heavy atom. The molecule has 0 amide bonds. The minimum atomic E-state index is 0.318. The second-order valence-corrected chi connectivity index (χ2v) is 4.73. The third-order valence-corrected chi connectivity index (χ3v) is 3.38. The first-order valence-corrected chi connectivity index (χ1v) is 6.12. The van der Waals surface area contributed by atoms with Gasteiger partial charge in [0.2, 0.25) is 0 Å². The largest absolute Gasteiger partial charge is 0.374 e. The van der Waals surface area contributed by atoms with E-state index in [1.807, 2.05) is 0 Å². The maximum absolute atomic E-state index is 5.90. The summed E-state index contributed by atoms with van der Waals surface area (Å²) in [6.45, 7) is 3.07. The van der Waals surface area contributed by atoms with E-state index in [1.54, 1.807) is 0 Å². The van der Waals surface area contributed by atoms with Gasteiger partial charge in [-0.15, -0.1) is 0 Å². The minimum Gasteiger partial charge on any atom is -0.374 e. The maximum Gasteiger partial charge on any atom is 0.0828 e. The molecule has 1 aliphatic heterocycles. The smallest absolute Gasteiger partial charge is 0.0828 e. The number of hydrogen-bond donors (Lipinski definition) is 0. The van der Waals surface area contributed by atoms with Gasteiger partial charge in [0.25, 0.3) is 0 Å². The standard InChI is InChI=1S/C15H17O/c1-11-5-8-13(12-6-7-12)14(10-11)15-4-2-3-9-16-15/h5-8,10,15H,2-4,9H2,1H3. The van der Waals surface area contributed by atoms with Crippen molar-refractivity contribution in [2.24, 2.45) is 0 Å². The van der Waals surface area contributed by atoms with Crippen LogP contribution in [0.25, 0.3) is 0 Å². The second kappa shape index (κ2) is 4.06. The lowest BCUT2D eigenvalue weighted by molar-refractivity contribution is 0.0146. The van der Waals surface area contributed by atoms with E-state index >= 15 is 0 Å². The average Bonchev–Trinajstić information content (AvgIpc) is 3.14. The Labute approximate surface area is 97.1 Å². The van der Waals surface area contributed by atoms with Crippen LogP contribution in [0.4, 0.5) is 0 Å². The van der Waals surface area contributed by atoms with Gasteiger partial charge in [-0.3, -0.25) is 0 Å². The van der Waals surface area contributed by atoms with Crippen LogP contribution in [0.3, 0.4) is 0 Å². The fourth-order valence-electron chi connectivity index (χ4n) is 2.42. The number of rotatable bonds is 2. The molecular formula is C15H17O. The average molecular weight is 213 g/mol. The molecule has 0 aromatic heterocycles. The van der Waals surface area contributed by atoms with Crippen LogP contribution in [0.5, 0.6) is 0 Å². The van der Waals surface area contributed by atoms with Crippen molar-refractivity contribution in [3.63, 3.8) is 0 Å². The Balaban J connectivity index is 1.92. The summed E-state index contributed by atoms with van der Waals surface area (Å²) in [5.41, 5.74) is 4.09.